The number of likely N-dealkylation sites (N-methyl/N-ethyl adjacent to an activating group) is 1. The van der Waals surface area contributed by atoms with Gasteiger partial charge in [0.2, 0.25) is 10.0 Å². The molecule has 0 unspecified atom stereocenters. The van der Waals surface area contributed by atoms with Gasteiger partial charge in [-0.25, -0.2) is 8.42 Å². The first-order chi connectivity index (χ1) is 11.6. The van der Waals surface area contributed by atoms with E-state index in [-0.39, 0.29) is 11.3 Å². The molecule has 1 atom stereocenters. The fourth-order valence-corrected chi connectivity index (χ4v) is 4.07. The Kier molecular flexibility index (Phi) is 6.11. The summed E-state index contributed by atoms with van der Waals surface area (Å²) in [6.45, 7) is 1.80. The molecule has 0 aliphatic carbocycles. The molecule has 0 heterocycles. The molecular formula is C17H17Cl2NO4S. The zero-order chi connectivity index (χ0) is 18.8. The molecule has 0 aliphatic heterocycles. The van der Waals surface area contributed by atoms with Crippen LogP contribution in [0.25, 0.3) is 0 Å². The van der Waals surface area contributed by atoms with Crippen LogP contribution in [0.1, 0.15) is 11.1 Å². The van der Waals surface area contributed by atoms with Gasteiger partial charge >= 0.3 is 5.97 Å². The summed E-state index contributed by atoms with van der Waals surface area (Å²) in [6, 6.07) is 9.40. The minimum atomic E-state index is -3.97. The number of halogens is 2. The Hall–Kier alpha value is -1.60. The van der Waals surface area contributed by atoms with Crippen molar-refractivity contribution in [3.8, 4) is 0 Å². The van der Waals surface area contributed by atoms with Gasteiger partial charge in [-0.05, 0) is 60.9 Å². The lowest BCUT2D eigenvalue weighted by Crippen LogP contribution is -2.43. The number of rotatable bonds is 6. The minimum Gasteiger partial charge on any atom is -0.480 e. The Labute approximate surface area is 156 Å². The maximum absolute atomic E-state index is 12.7. The Morgan fingerprint density at radius 2 is 1.68 bits per heavy atom. The topological polar surface area (TPSA) is 74.7 Å². The van der Waals surface area contributed by atoms with Crippen molar-refractivity contribution in [1.29, 1.82) is 0 Å². The summed E-state index contributed by atoms with van der Waals surface area (Å²) in [6.07, 6.45) is 0.0294. The van der Waals surface area contributed by atoms with Gasteiger partial charge in [0, 0.05) is 17.1 Å². The molecule has 5 nitrogen and oxygen atoms in total. The number of aliphatic carboxylic acids is 1. The quantitative estimate of drug-likeness (QED) is 0.801. The lowest BCUT2D eigenvalue weighted by molar-refractivity contribution is -0.141. The van der Waals surface area contributed by atoms with Crippen LogP contribution in [0.5, 0.6) is 0 Å². The zero-order valence-corrected chi connectivity index (χ0v) is 15.9. The third-order valence-corrected chi connectivity index (χ3v) is 6.30. The van der Waals surface area contributed by atoms with Gasteiger partial charge in [-0.1, -0.05) is 29.3 Å². The Balaban J connectivity index is 2.35. The molecular weight excluding hydrogens is 385 g/mol. The average Bonchev–Trinajstić information content (AvgIpc) is 2.53. The zero-order valence-electron chi connectivity index (χ0n) is 13.6. The standard InChI is InChI=1S/C17H17Cl2NO4S/c1-11-9-14(19)4-3-12(11)10-16(17(21)22)20(2)25(23,24)15-7-5-13(18)6-8-15/h3-9,16H,10H2,1-2H3,(H,21,22)/t16-/m1/s1. The predicted octanol–water partition coefficient (Wildman–Crippen LogP) is 3.62. The van der Waals surface area contributed by atoms with Crippen LogP contribution >= 0.6 is 23.2 Å². The maximum atomic E-state index is 12.7. The third kappa shape index (κ3) is 4.52. The lowest BCUT2D eigenvalue weighted by atomic mass is 10.0. The van der Waals surface area contributed by atoms with Crippen LogP contribution in [0.4, 0.5) is 0 Å². The van der Waals surface area contributed by atoms with Crippen molar-refractivity contribution < 1.29 is 18.3 Å². The van der Waals surface area contributed by atoms with Crippen LogP contribution in [0.2, 0.25) is 10.0 Å². The van der Waals surface area contributed by atoms with E-state index < -0.39 is 22.0 Å². The van der Waals surface area contributed by atoms with E-state index in [9.17, 15) is 18.3 Å². The SMILES string of the molecule is Cc1cc(Cl)ccc1C[C@H](C(=O)O)N(C)S(=O)(=O)c1ccc(Cl)cc1. The first-order valence-electron chi connectivity index (χ1n) is 7.34. The van der Waals surface area contributed by atoms with Crippen molar-refractivity contribution in [2.24, 2.45) is 0 Å². The number of benzene rings is 2. The molecule has 2 aromatic carbocycles. The Morgan fingerprint density at radius 3 is 2.20 bits per heavy atom. The molecule has 1 N–H and O–H groups in total. The Morgan fingerprint density at radius 1 is 1.12 bits per heavy atom. The largest absolute Gasteiger partial charge is 0.480 e. The van der Waals surface area contributed by atoms with Crippen molar-refractivity contribution in [3.63, 3.8) is 0 Å². The summed E-state index contributed by atoms with van der Waals surface area (Å²) < 4.78 is 26.3. The van der Waals surface area contributed by atoms with Crippen LogP contribution in [-0.4, -0.2) is 36.9 Å². The van der Waals surface area contributed by atoms with E-state index in [0.717, 1.165) is 15.4 Å². The minimum absolute atomic E-state index is 0.0153. The van der Waals surface area contributed by atoms with Gasteiger partial charge in [-0.3, -0.25) is 4.79 Å². The van der Waals surface area contributed by atoms with Gasteiger partial charge in [0.25, 0.3) is 0 Å². The van der Waals surface area contributed by atoms with Crippen LogP contribution < -0.4 is 0 Å². The summed E-state index contributed by atoms with van der Waals surface area (Å²) in [4.78, 5) is 11.7. The summed E-state index contributed by atoms with van der Waals surface area (Å²) in [5.41, 5.74) is 1.52. The molecule has 0 bridgehead atoms. The van der Waals surface area contributed by atoms with Gasteiger partial charge in [-0.2, -0.15) is 4.31 Å². The molecule has 134 valence electrons. The highest BCUT2D eigenvalue weighted by Crippen LogP contribution is 2.23. The summed E-state index contributed by atoms with van der Waals surface area (Å²) >= 11 is 11.7. The molecule has 2 rings (SSSR count). The molecule has 0 amide bonds. The smallest absolute Gasteiger partial charge is 0.322 e. The van der Waals surface area contributed by atoms with Crippen molar-refractivity contribution in [3.05, 3.63) is 63.6 Å². The van der Waals surface area contributed by atoms with E-state index in [0.29, 0.717) is 10.0 Å². The number of hydrogen-bond donors (Lipinski definition) is 1. The van der Waals surface area contributed by atoms with Crippen molar-refractivity contribution in [1.82, 2.24) is 4.31 Å². The first kappa shape index (κ1) is 19.7. The van der Waals surface area contributed by atoms with E-state index in [1.807, 2.05) is 0 Å². The molecule has 0 saturated carbocycles. The fourth-order valence-electron chi connectivity index (χ4n) is 2.41. The summed E-state index contributed by atoms with van der Waals surface area (Å²) in [7, 11) is -2.72. The average molecular weight is 402 g/mol. The Bertz CT molecular complexity index is 882. The van der Waals surface area contributed by atoms with Gasteiger partial charge in [0.1, 0.15) is 6.04 Å². The number of sulfonamides is 1. The van der Waals surface area contributed by atoms with E-state index in [1.165, 1.54) is 31.3 Å². The molecule has 0 fully saturated rings. The molecule has 8 heteroatoms. The van der Waals surface area contributed by atoms with Crippen LogP contribution in [0, 0.1) is 6.92 Å². The highest BCUT2D eigenvalue weighted by molar-refractivity contribution is 7.89. The van der Waals surface area contributed by atoms with Crippen LogP contribution in [-0.2, 0) is 21.2 Å². The van der Waals surface area contributed by atoms with E-state index in [4.69, 9.17) is 23.2 Å². The molecule has 0 spiro atoms. The van der Waals surface area contributed by atoms with Crippen molar-refractivity contribution >= 4 is 39.2 Å². The third-order valence-electron chi connectivity index (χ3n) is 3.93. The number of nitrogens with zero attached hydrogens (tertiary/aromatic N) is 1. The van der Waals surface area contributed by atoms with Crippen LogP contribution in [0.15, 0.2) is 47.4 Å². The number of carboxylic acid groups (broad SMARTS) is 1. The number of aryl methyl sites for hydroxylation is 1. The van der Waals surface area contributed by atoms with Gasteiger partial charge in [0.15, 0.2) is 0 Å². The predicted molar refractivity (Wildman–Crippen MR) is 97.7 cm³/mol. The highest BCUT2D eigenvalue weighted by Gasteiger charge is 2.33. The van der Waals surface area contributed by atoms with Crippen molar-refractivity contribution in [2.45, 2.75) is 24.3 Å². The molecule has 0 aliphatic rings. The van der Waals surface area contributed by atoms with Gasteiger partial charge in [0.05, 0.1) is 4.90 Å². The van der Waals surface area contributed by atoms with Gasteiger partial charge < -0.3 is 5.11 Å². The highest BCUT2D eigenvalue weighted by atomic mass is 35.5. The van der Waals surface area contributed by atoms with Crippen LogP contribution in [0.3, 0.4) is 0 Å². The number of carboxylic acids is 1. The molecule has 2 aromatic rings. The van der Waals surface area contributed by atoms with Crippen molar-refractivity contribution in [2.75, 3.05) is 7.05 Å². The second kappa shape index (κ2) is 7.74. The molecule has 0 radical (unpaired) electrons. The summed E-state index contributed by atoms with van der Waals surface area (Å²) in [5, 5.41) is 10.5. The van der Waals surface area contributed by atoms with E-state index >= 15 is 0 Å². The second-order valence-electron chi connectivity index (χ2n) is 5.60. The second-order valence-corrected chi connectivity index (χ2v) is 8.47. The molecule has 0 aromatic heterocycles. The van der Waals surface area contributed by atoms with E-state index in [1.54, 1.807) is 25.1 Å². The summed E-state index contributed by atoms with van der Waals surface area (Å²) in [5.74, 6) is -1.23. The first-order valence-corrected chi connectivity index (χ1v) is 9.54. The lowest BCUT2D eigenvalue weighted by Gasteiger charge is -2.25. The number of carbonyl (C=O) groups is 1. The molecule has 25 heavy (non-hydrogen) atoms. The normalized spacial score (nSPS) is 13.0. The molecule has 0 saturated heterocycles. The van der Waals surface area contributed by atoms with Gasteiger partial charge in [-0.15, -0.1) is 0 Å². The maximum Gasteiger partial charge on any atom is 0.322 e. The van der Waals surface area contributed by atoms with E-state index in [2.05, 4.69) is 0 Å². The monoisotopic (exact) mass is 401 g/mol. The fraction of sp³-hybridized carbons (Fsp3) is 0.235. The number of hydrogen-bond acceptors (Lipinski definition) is 3.